The molecular weight excluding hydrogens is 216 g/mol. The van der Waals surface area contributed by atoms with E-state index in [1.807, 2.05) is 4.90 Å². The molecule has 100 valence electrons. The third kappa shape index (κ3) is 6.64. The molecule has 1 fully saturated rings. The van der Waals surface area contributed by atoms with Crippen LogP contribution in [0.1, 0.15) is 38.5 Å². The second-order valence-electron chi connectivity index (χ2n) is 4.67. The molecule has 4 nitrogen and oxygen atoms in total. The van der Waals surface area contributed by atoms with Crippen LogP contribution < -0.4 is 5.32 Å². The summed E-state index contributed by atoms with van der Waals surface area (Å²) in [6.45, 7) is 4.10. The molecule has 1 aliphatic rings. The first kappa shape index (κ1) is 14.5. The van der Waals surface area contributed by atoms with Gasteiger partial charge in [-0.15, -0.1) is 0 Å². The molecule has 0 atom stereocenters. The van der Waals surface area contributed by atoms with Crippen molar-refractivity contribution >= 4 is 5.91 Å². The molecule has 0 aromatic heterocycles. The van der Waals surface area contributed by atoms with Crippen molar-refractivity contribution in [2.75, 3.05) is 39.9 Å². The zero-order chi connectivity index (χ0) is 12.3. The van der Waals surface area contributed by atoms with Gasteiger partial charge < -0.3 is 15.0 Å². The smallest absolute Gasteiger partial charge is 0.236 e. The Bertz CT molecular complexity index is 202. The Hall–Kier alpha value is -0.610. The average molecular weight is 242 g/mol. The maximum atomic E-state index is 11.9. The predicted octanol–water partition coefficient (Wildman–Crippen LogP) is 1.41. The van der Waals surface area contributed by atoms with Crippen molar-refractivity contribution in [3.8, 4) is 0 Å². The molecule has 1 aliphatic heterocycles. The minimum Gasteiger partial charge on any atom is -0.385 e. The van der Waals surface area contributed by atoms with Gasteiger partial charge >= 0.3 is 0 Å². The fraction of sp³-hybridized carbons (Fsp3) is 0.923. The summed E-state index contributed by atoms with van der Waals surface area (Å²) >= 11 is 0. The Kier molecular flexibility index (Phi) is 8.01. The van der Waals surface area contributed by atoms with Crippen LogP contribution in [0.2, 0.25) is 0 Å². The zero-order valence-corrected chi connectivity index (χ0v) is 11.0. The monoisotopic (exact) mass is 242 g/mol. The lowest BCUT2D eigenvalue weighted by atomic mass is 10.2. The Labute approximate surface area is 105 Å². The van der Waals surface area contributed by atoms with Gasteiger partial charge in [-0.3, -0.25) is 4.79 Å². The number of methoxy groups -OCH3 is 1. The number of likely N-dealkylation sites (tertiary alicyclic amines) is 1. The Morgan fingerprint density at radius 1 is 1.18 bits per heavy atom. The van der Waals surface area contributed by atoms with Crippen molar-refractivity contribution in [2.24, 2.45) is 0 Å². The van der Waals surface area contributed by atoms with E-state index in [1.54, 1.807) is 7.11 Å². The number of unbranched alkanes of at least 4 members (excludes halogenated alkanes) is 1. The average Bonchev–Trinajstić information content (AvgIpc) is 2.62. The molecule has 0 radical (unpaired) electrons. The van der Waals surface area contributed by atoms with E-state index >= 15 is 0 Å². The number of carbonyl (C=O) groups excluding carboxylic acids is 1. The highest BCUT2D eigenvalue weighted by Crippen LogP contribution is 2.09. The minimum atomic E-state index is 0.263. The number of nitrogens with one attached hydrogen (secondary N) is 1. The van der Waals surface area contributed by atoms with Gasteiger partial charge in [0, 0.05) is 26.8 Å². The molecule has 0 unspecified atom stereocenters. The van der Waals surface area contributed by atoms with Gasteiger partial charge in [0.2, 0.25) is 5.91 Å². The summed E-state index contributed by atoms with van der Waals surface area (Å²) in [5, 5.41) is 3.22. The molecule has 1 saturated heterocycles. The molecule has 1 rings (SSSR count). The Balaban J connectivity index is 2.03. The lowest BCUT2D eigenvalue weighted by Gasteiger charge is -2.20. The lowest BCUT2D eigenvalue weighted by Crippen LogP contribution is -2.39. The molecule has 0 aromatic carbocycles. The topological polar surface area (TPSA) is 41.6 Å². The highest BCUT2D eigenvalue weighted by molar-refractivity contribution is 5.78. The van der Waals surface area contributed by atoms with E-state index in [1.165, 1.54) is 25.7 Å². The summed E-state index contributed by atoms with van der Waals surface area (Å²) < 4.78 is 4.98. The number of nitrogens with zero attached hydrogens (tertiary/aromatic N) is 1. The highest BCUT2D eigenvalue weighted by Gasteiger charge is 2.14. The summed E-state index contributed by atoms with van der Waals surface area (Å²) in [5.74, 6) is 0.263. The molecule has 0 aliphatic carbocycles. The summed E-state index contributed by atoms with van der Waals surface area (Å²) in [5.41, 5.74) is 0. The fourth-order valence-corrected chi connectivity index (χ4v) is 2.12. The molecule has 0 bridgehead atoms. The maximum absolute atomic E-state index is 11.9. The van der Waals surface area contributed by atoms with E-state index in [0.717, 1.165) is 39.1 Å². The van der Waals surface area contributed by atoms with Gasteiger partial charge in [0.1, 0.15) is 0 Å². The van der Waals surface area contributed by atoms with E-state index in [-0.39, 0.29) is 5.91 Å². The maximum Gasteiger partial charge on any atom is 0.236 e. The molecule has 17 heavy (non-hydrogen) atoms. The molecule has 1 N–H and O–H groups in total. The van der Waals surface area contributed by atoms with E-state index in [0.29, 0.717) is 6.54 Å². The van der Waals surface area contributed by atoms with E-state index in [9.17, 15) is 4.79 Å². The predicted molar refractivity (Wildman–Crippen MR) is 69.0 cm³/mol. The van der Waals surface area contributed by atoms with Crippen molar-refractivity contribution in [3.63, 3.8) is 0 Å². The summed E-state index contributed by atoms with van der Waals surface area (Å²) in [6, 6.07) is 0. The van der Waals surface area contributed by atoms with Crippen molar-refractivity contribution < 1.29 is 9.53 Å². The van der Waals surface area contributed by atoms with Crippen molar-refractivity contribution in [1.29, 1.82) is 0 Å². The molecule has 0 saturated carbocycles. The zero-order valence-electron chi connectivity index (χ0n) is 11.0. The minimum absolute atomic E-state index is 0.263. The van der Waals surface area contributed by atoms with Crippen LogP contribution in [-0.2, 0) is 9.53 Å². The van der Waals surface area contributed by atoms with Crippen LogP contribution in [0.3, 0.4) is 0 Å². The van der Waals surface area contributed by atoms with Gasteiger partial charge in [-0.2, -0.15) is 0 Å². The van der Waals surface area contributed by atoms with Gasteiger partial charge in [0.05, 0.1) is 6.54 Å². The number of rotatable bonds is 7. The molecule has 1 amide bonds. The van der Waals surface area contributed by atoms with Gasteiger partial charge in [0.25, 0.3) is 0 Å². The van der Waals surface area contributed by atoms with Crippen molar-refractivity contribution in [1.82, 2.24) is 10.2 Å². The number of ether oxygens (including phenoxy) is 1. The van der Waals surface area contributed by atoms with E-state index in [4.69, 9.17) is 4.74 Å². The van der Waals surface area contributed by atoms with Crippen LogP contribution in [0.15, 0.2) is 0 Å². The van der Waals surface area contributed by atoms with Crippen LogP contribution in [-0.4, -0.2) is 50.7 Å². The third-order valence-electron chi connectivity index (χ3n) is 3.19. The fourth-order valence-electron chi connectivity index (χ4n) is 2.12. The number of amides is 1. The highest BCUT2D eigenvalue weighted by atomic mass is 16.5. The summed E-state index contributed by atoms with van der Waals surface area (Å²) in [7, 11) is 1.72. The lowest BCUT2D eigenvalue weighted by molar-refractivity contribution is -0.130. The molecule has 0 spiro atoms. The Morgan fingerprint density at radius 3 is 2.53 bits per heavy atom. The van der Waals surface area contributed by atoms with Crippen LogP contribution in [0.4, 0.5) is 0 Å². The van der Waals surface area contributed by atoms with E-state index in [2.05, 4.69) is 5.32 Å². The van der Waals surface area contributed by atoms with Crippen LogP contribution >= 0.6 is 0 Å². The van der Waals surface area contributed by atoms with E-state index < -0.39 is 0 Å². The number of hydrogen-bond acceptors (Lipinski definition) is 3. The second kappa shape index (κ2) is 9.42. The van der Waals surface area contributed by atoms with Gasteiger partial charge in [0.15, 0.2) is 0 Å². The molecular formula is C13H26N2O2. The first-order valence-electron chi connectivity index (χ1n) is 6.82. The quantitative estimate of drug-likeness (QED) is 0.686. The normalized spacial score (nSPS) is 16.9. The molecule has 0 aromatic rings. The summed E-state index contributed by atoms with van der Waals surface area (Å²) in [4.78, 5) is 13.9. The van der Waals surface area contributed by atoms with Crippen LogP contribution in [0.25, 0.3) is 0 Å². The van der Waals surface area contributed by atoms with Gasteiger partial charge in [-0.05, 0) is 32.2 Å². The van der Waals surface area contributed by atoms with Crippen molar-refractivity contribution in [2.45, 2.75) is 38.5 Å². The Morgan fingerprint density at radius 2 is 1.88 bits per heavy atom. The molecule has 1 heterocycles. The first-order chi connectivity index (χ1) is 8.34. The largest absolute Gasteiger partial charge is 0.385 e. The second-order valence-corrected chi connectivity index (χ2v) is 4.67. The van der Waals surface area contributed by atoms with Gasteiger partial charge in [-0.25, -0.2) is 0 Å². The number of hydrogen-bond donors (Lipinski definition) is 1. The SMILES string of the molecule is COCCCCNCC(=O)N1CCCCCC1. The van der Waals surface area contributed by atoms with Gasteiger partial charge in [-0.1, -0.05) is 12.8 Å². The van der Waals surface area contributed by atoms with Crippen LogP contribution in [0, 0.1) is 0 Å². The third-order valence-corrected chi connectivity index (χ3v) is 3.19. The standard InChI is InChI=1S/C13H26N2O2/c1-17-11-7-4-8-14-12-13(16)15-9-5-2-3-6-10-15/h14H,2-12H2,1H3. The first-order valence-corrected chi connectivity index (χ1v) is 6.82. The number of carbonyl (C=O) groups is 1. The van der Waals surface area contributed by atoms with Crippen LogP contribution in [0.5, 0.6) is 0 Å². The summed E-state index contributed by atoms with van der Waals surface area (Å²) in [6.07, 6.45) is 7.00. The van der Waals surface area contributed by atoms with Crippen molar-refractivity contribution in [3.05, 3.63) is 0 Å². The molecule has 4 heteroatoms.